The molecule has 2 aliphatic heterocycles. The summed E-state index contributed by atoms with van der Waals surface area (Å²) < 4.78 is 5.82. The number of alkyl halides is 1. The molecule has 3 nitrogen and oxygen atoms in total. The molecule has 1 aromatic rings. The van der Waals surface area contributed by atoms with E-state index in [4.69, 9.17) is 4.74 Å². The van der Waals surface area contributed by atoms with Gasteiger partial charge in [0.25, 0.3) is 0 Å². The van der Waals surface area contributed by atoms with E-state index in [-0.39, 0.29) is 0 Å². The lowest BCUT2D eigenvalue weighted by Crippen LogP contribution is -2.43. The fourth-order valence-corrected chi connectivity index (χ4v) is 2.82. The first-order valence-corrected chi connectivity index (χ1v) is 6.88. The molecule has 2 saturated heterocycles. The summed E-state index contributed by atoms with van der Waals surface area (Å²) in [5, 5.41) is 0.870. The van der Waals surface area contributed by atoms with Crippen molar-refractivity contribution in [3.05, 3.63) is 23.9 Å². The minimum atomic E-state index is 0.427. The van der Waals surface area contributed by atoms with Crippen LogP contribution in [0, 0.1) is 0 Å². The van der Waals surface area contributed by atoms with E-state index in [1.54, 1.807) is 0 Å². The first-order chi connectivity index (χ1) is 7.85. The van der Waals surface area contributed by atoms with E-state index in [2.05, 4.69) is 37.9 Å². The van der Waals surface area contributed by atoms with Gasteiger partial charge in [-0.1, -0.05) is 22.0 Å². The number of nitrogens with zero attached hydrogens (tertiary/aromatic N) is 2. The predicted molar refractivity (Wildman–Crippen MR) is 67.0 cm³/mol. The molecule has 0 N–H and O–H groups in total. The molecule has 4 heteroatoms. The number of pyridine rings is 1. The van der Waals surface area contributed by atoms with Gasteiger partial charge in [-0.15, -0.1) is 0 Å². The van der Waals surface area contributed by atoms with Gasteiger partial charge in [0, 0.05) is 24.6 Å². The molecule has 2 bridgehead atoms. The Bertz CT molecular complexity index is 356. The molecule has 0 aliphatic carbocycles. The number of fused-ring (bicyclic) bond motifs is 2. The van der Waals surface area contributed by atoms with Crippen molar-refractivity contribution in [2.75, 3.05) is 18.0 Å². The van der Waals surface area contributed by atoms with Crippen molar-refractivity contribution in [1.29, 1.82) is 0 Å². The number of halogens is 1. The largest absolute Gasteiger partial charge is 0.371 e. The van der Waals surface area contributed by atoms with Gasteiger partial charge in [0.05, 0.1) is 12.2 Å². The molecule has 2 aliphatic rings. The van der Waals surface area contributed by atoms with Crippen molar-refractivity contribution in [3.8, 4) is 0 Å². The molecule has 2 unspecified atom stereocenters. The van der Waals surface area contributed by atoms with Crippen LogP contribution >= 0.6 is 15.9 Å². The van der Waals surface area contributed by atoms with Crippen LogP contribution in [0.4, 0.5) is 5.82 Å². The van der Waals surface area contributed by atoms with Crippen molar-refractivity contribution in [2.45, 2.75) is 30.4 Å². The molecule has 2 fully saturated rings. The van der Waals surface area contributed by atoms with E-state index in [0.29, 0.717) is 12.2 Å². The Morgan fingerprint density at radius 1 is 1.31 bits per heavy atom. The molecule has 2 atom stereocenters. The van der Waals surface area contributed by atoms with Gasteiger partial charge in [-0.3, -0.25) is 0 Å². The van der Waals surface area contributed by atoms with Crippen molar-refractivity contribution in [3.63, 3.8) is 0 Å². The number of rotatable bonds is 2. The summed E-state index contributed by atoms with van der Waals surface area (Å²) in [5.41, 5.74) is 1.22. The highest BCUT2D eigenvalue weighted by molar-refractivity contribution is 9.08. The number of morpholine rings is 1. The summed E-state index contributed by atoms with van der Waals surface area (Å²) in [4.78, 5) is 6.86. The zero-order valence-corrected chi connectivity index (χ0v) is 10.7. The highest BCUT2D eigenvalue weighted by Crippen LogP contribution is 2.28. The molecule has 1 aromatic heterocycles. The van der Waals surface area contributed by atoms with Gasteiger partial charge in [-0.05, 0) is 24.5 Å². The topological polar surface area (TPSA) is 25.4 Å². The van der Waals surface area contributed by atoms with Crippen molar-refractivity contribution < 1.29 is 4.74 Å². The quantitative estimate of drug-likeness (QED) is 0.779. The molecule has 0 aromatic carbocycles. The van der Waals surface area contributed by atoms with E-state index in [9.17, 15) is 0 Å². The highest BCUT2D eigenvalue weighted by atomic mass is 79.9. The molecule has 0 amide bonds. The molecule has 0 spiro atoms. The van der Waals surface area contributed by atoms with E-state index >= 15 is 0 Å². The molecule has 86 valence electrons. The molecule has 0 saturated carbocycles. The van der Waals surface area contributed by atoms with Gasteiger partial charge in [0.1, 0.15) is 5.82 Å². The maximum absolute atomic E-state index is 5.82. The smallest absolute Gasteiger partial charge is 0.128 e. The fourth-order valence-electron chi connectivity index (χ4n) is 2.48. The predicted octanol–water partition coefficient (Wildman–Crippen LogP) is 2.34. The SMILES string of the molecule is BrCc1ccc(N2CC3CCC(C2)O3)nc1. The molecule has 16 heavy (non-hydrogen) atoms. The van der Waals surface area contributed by atoms with Crippen LogP contribution in [0.1, 0.15) is 18.4 Å². The van der Waals surface area contributed by atoms with E-state index in [1.165, 1.54) is 18.4 Å². The van der Waals surface area contributed by atoms with Gasteiger partial charge < -0.3 is 9.64 Å². The van der Waals surface area contributed by atoms with E-state index in [0.717, 1.165) is 24.2 Å². The van der Waals surface area contributed by atoms with Crippen LogP contribution in [0.5, 0.6) is 0 Å². The fraction of sp³-hybridized carbons (Fsp3) is 0.583. The second kappa shape index (κ2) is 4.34. The van der Waals surface area contributed by atoms with Gasteiger partial charge in [0.15, 0.2) is 0 Å². The lowest BCUT2D eigenvalue weighted by molar-refractivity contribution is 0.0302. The summed E-state index contributed by atoms with van der Waals surface area (Å²) in [6.45, 7) is 1.99. The lowest BCUT2D eigenvalue weighted by Gasteiger charge is -2.32. The Balaban J connectivity index is 1.76. The monoisotopic (exact) mass is 282 g/mol. The minimum absolute atomic E-state index is 0.427. The summed E-state index contributed by atoms with van der Waals surface area (Å²) in [6, 6.07) is 4.25. The van der Waals surface area contributed by atoms with Crippen molar-refractivity contribution in [1.82, 2.24) is 4.98 Å². The third kappa shape index (κ3) is 1.96. The van der Waals surface area contributed by atoms with Gasteiger partial charge in [0.2, 0.25) is 0 Å². The molecule has 0 radical (unpaired) electrons. The highest BCUT2D eigenvalue weighted by Gasteiger charge is 2.33. The molecular weight excluding hydrogens is 268 g/mol. The Hall–Kier alpha value is -0.610. The third-order valence-electron chi connectivity index (χ3n) is 3.33. The van der Waals surface area contributed by atoms with Gasteiger partial charge >= 0.3 is 0 Å². The average molecular weight is 283 g/mol. The summed E-state index contributed by atoms with van der Waals surface area (Å²) in [6.07, 6.45) is 5.22. The van der Waals surface area contributed by atoms with Crippen LogP contribution in [-0.4, -0.2) is 30.3 Å². The Morgan fingerprint density at radius 3 is 2.62 bits per heavy atom. The summed E-state index contributed by atoms with van der Waals surface area (Å²) in [5.74, 6) is 1.09. The number of hydrogen-bond acceptors (Lipinski definition) is 3. The van der Waals surface area contributed by atoms with Crippen LogP contribution in [-0.2, 0) is 10.1 Å². The Kier molecular flexibility index (Phi) is 2.86. The molecule has 3 heterocycles. The van der Waals surface area contributed by atoms with Crippen LogP contribution in [0.25, 0.3) is 0 Å². The summed E-state index contributed by atoms with van der Waals surface area (Å²) in [7, 11) is 0. The number of hydrogen-bond donors (Lipinski definition) is 0. The van der Waals surface area contributed by atoms with Crippen LogP contribution in [0.15, 0.2) is 18.3 Å². The van der Waals surface area contributed by atoms with Gasteiger partial charge in [-0.25, -0.2) is 4.98 Å². The van der Waals surface area contributed by atoms with E-state index in [1.807, 2.05) is 6.20 Å². The zero-order valence-electron chi connectivity index (χ0n) is 9.10. The minimum Gasteiger partial charge on any atom is -0.371 e. The first-order valence-electron chi connectivity index (χ1n) is 5.76. The molecular formula is C12H15BrN2O. The Morgan fingerprint density at radius 2 is 2.06 bits per heavy atom. The maximum atomic E-state index is 5.82. The second-order valence-electron chi connectivity index (χ2n) is 4.52. The third-order valence-corrected chi connectivity index (χ3v) is 3.98. The first kappa shape index (κ1) is 10.5. The second-order valence-corrected chi connectivity index (χ2v) is 5.08. The number of anilines is 1. The number of ether oxygens (including phenoxy) is 1. The van der Waals surface area contributed by atoms with Crippen LogP contribution < -0.4 is 4.90 Å². The normalized spacial score (nSPS) is 28.4. The molecule has 3 rings (SSSR count). The lowest BCUT2D eigenvalue weighted by atomic mass is 10.2. The zero-order chi connectivity index (χ0) is 11.0. The van der Waals surface area contributed by atoms with Gasteiger partial charge in [-0.2, -0.15) is 0 Å². The van der Waals surface area contributed by atoms with Crippen LogP contribution in [0.2, 0.25) is 0 Å². The maximum Gasteiger partial charge on any atom is 0.128 e. The van der Waals surface area contributed by atoms with E-state index < -0.39 is 0 Å². The Labute approximate surface area is 104 Å². The summed E-state index contributed by atoms with van der Waals surface area (Å²) >= 11 is 3.43. The van der Waals surface area contributed by atoms with Crippen LogP contribution in [0.3, 0.4) is 0 Å². The van der Waals surface area contributed by atoms with Crippen molar-refractivity contribution >= 4 is 21.7 Å². The average Bonchev–Trinajstić information content (AvgIpc) is 2.68. The standard InChI is InChI=1S/C12H15BrN2O/c13-5-9-1-4-12(14-6-9)15-7-10-2-3-11(8-15)16-10/h1,4,6,10-11H,2-3,5,7-8H2. The van der Waals surface area contributed by atoms with Crippen molar-refractivity contribution in [2.24, 2.45) is 0 Å². The number of aromatic nitrogens is 1.